The van der Waals surface area contributed by atoms with Crippen LogP contribution in [-0.2, 0) is 14.3 Å². The van der Waals surface area contributed by atoms with E-state index >= 15 is 0 Å². The van der Waals surface area contributed by atoms with E-state index < -0.39 is 12.0 Å². The van der Waals surface area contributed by atoms with Crippen molar-refractivity contribution in [2.24, 2.45) is 0 Å². The van der Waals surface area contributed by atoms with Gasteiger partial charge in [-0.25, -0.2) is 4.79 Å². The predicted molar refractivity (Wildman–Crippen MR) is 93.3 cm³/mol. The Balaban J connectivity index is 3.51. The summed E-state index contributed by atoms with van der Waals surface area (Å²) in [5.74, 6) is -0.290. The summed E-state index contributed by atoms with van der Waals surface area (Å²) in [7, 11) is 5.51. The fourth-order valence-electron chi connectivity index (χ4n) is 2.19. The van der Waals surface area contributed by atoms with Gasteiger partial charge in [0, 0.05) is 12.2 Å². The van der Waals surface area contributed by atoms with E-state index in [1.807, 2.05) is 0 Å². The molecular weight excluding hydrogens is 300 g/mol. The monoisotopic (exact) mass is 332 g/mol. The summed E-state index contributed by atoms with van der Waals surface area (Å²) in [6.07, 6.45) is 8.59. The molecule has 0 saturated carbocycles. The summed E-state index contributed by atoms with van der Waals surface area (Å²) in [4.78, 5) is 25.3. The number of carbonyl (C=O) groups is 2. The third-order valence-electron chi connectivity index (χ3n) is 3.51. The van der Waals surface area contributed by atoms with Crippen LogP contribution in [0.4, 0.5) is 0 Å². The molecule has 0 aliphatic heterocycles. The SMILES string of the molecule is COC(=O)C(CS)NC(=O)CCCCCCCCCN(C)C. The van der Waals surface area contributed by atoms with Gasteiger partial charge in [-0.2, -0.15) is 12.6 Å². The fraction of sp³-hybridized carbons (Fsp3) is 0.875. The first-order chi connectivity index (χ1) is 10.5. The number of thiol groups is 1. The number of unbranched alkanes of at least 4 members (excludes halogenated alkanes) is 6. The summed E-state index contributed by atoms with van der Waals surface area (Å²) in [6, 6.07) is -0.641. The van der Waals surface area contributed by atoms with E-state index in [0.29, 0.717) is 6.42 Å². The number of hydrogen-bond donors (Lipinski definition) is 2. The van der Waals surface area contributed by atoms with Crippen molar-refractivity contribution in [3.63, 3.8) is 0 Å². The summed E-state index contributed by atoms with van der Waals surface area (Å²) < 4.78 is 4.60. The Labute approximate surface area is 140 Å². The maximum absolute atomic E-state index is 11.7. The Morgan fingerprint density at radius 1 is 1.05 bits per heavy atom. The molecule has 0 rings (SSSR count). The van der Waals surface area contributed by atoms with Crippen LogP contribution in [0.1, 0.15) is 51.4 Å². The van der Waals surface area contributed by atoms with Gasteiger partial charge in [-0.3, -0.25) is 4.79 Å². The minimum Gasteiger partial charge on any atom is -0.467 e. The summed E-state index contributed by atoms with van der Waals surface area (Å²) in [5.41, 5.74) is 0. The highest BCUT2D eigenvalue weighted by molar-refractivity contribution is 7.80. The Bertz CT molecular complexity index is 312. The smallest absolute Gasteiger partial charge is 0.329 e. The van der Waals surface area contributed by atoms with Crippen LogP contribution in [0.5, 0.6) is 0 Å². The van der Waals surface area contributed by atoms with Crippen LogP contribution in [0.15, 0.2) is 0 Å². The molecule has 0 radical (unpaired) electrons. The Hall–Kier alpha value is -0.750. The van der Waals surface area contributed by atoms with Crippen LogP contribution in [0.25, 0.3) is 0 Å². The zero-order valence-electron chi connectivity index (χ0n) is 14.3. The maximum atomic E-state index is 11.7. The van der Waals surface area contributed by atoms with Crippen LogP contribution >= 0.6 is 12.6 Å². The van der Waals surface area contributed by atoms with Crippen molar-refractivity contribution in [2.45, 2.75) is 57.4 Å². The quantitative estimate of drug-likeness (QED) is 0.309. The van der Waals surface area contributed by atoms with E-state index in [2.05, 4.69) is 41.7 Å². The molecule has 1 N–H and O–H groups in total. The number of esters is 1. The van der Waals surface area contributed by atoms with Gasteiger partial charge in [0.05, 0.1) is 7.11 Å². The first kappa shape index (κ1) is 21.2. The summed E-state index contributed by atoms with van der Waals surface area (Å²) >= 11 is 4.04. The Morgan fingerprint density at radius 2 is 1.59 bits per heavy atom. The van der Waals surface area contributed by atoms with Crippen molar-refractivity contribution >= 4 is 24.5 Å². The lowest BCUT2D eigenvalue weighted by molar-refractivity contribution is -0.144. The van der Waals surface area contributed by atoms with Gasteiger partial charge in [-0.1, -0.05) is 32.1 Å². The molecule has 1 atom stereocenters. The molecule has 0 aromatic carbocycles. The number of amides is 1. The van der Waals surface area contributed by atoms with Crippen LogP contribution in [0.2, 0.25) is 0 Å². The van der Waals surface area contributed by atoms with Gasteiger partial charge in [0.2, 0.25) is 5.91 Å². The van der Waals surface area contributed by atoms with Crippen LogP contribution in [-0.4, -0.2) is 56.3 Å². The Kier molecular flexibility index (Phi) is 13.4. The van der Waals surface area contributed by atoms with E-state index in [-0.39, 0.29) is 11.7 Å². The zero-order valence-corrected chi connectivity index (χ0v) is 15.2. The predicted octanol–water partition coefficient (Wildman–Crippen LogP) is 2.26. The number of methoxy groups -OCH3 is 1. The first-order valence-electron chi connectivity index (χ1n) is 8.14. The van der Waals surface area contributed by atoms with E-state index in [1.54, 1.807) is 0 Å². The fourth-order valence-corrected chi connectivity index (χ4v) is 2.43. The van der Waals surface area contributed by atoms with Gasteiger partial charge in [0.15, 0.2) is 0 Å². The second-order valence-corrected chi connectivity index (χ2v) is 6.22. The molecule has 5 nitrogen and oxygen atoms in total. The normalized spacial score (nSPS) is 12.2. The lowest BCUT2D eigenvalue weighted by atomic mass is 10.1. The first-order valence-corrected chi connectivity index (χ1v) is 8.77. The van der Waals surface area contributed by atoms with Crippen LogP contribution in [0.3, 0.4) is 0 Å². The number of nitrogens with one attached hydrogen (secondary N) is 1. The van der Waals surface area contributed by atoms with E-state index in [0.717, 1.165) is 19.4 Å². The minimum atomic E-state index is -0.641. The summed E-state index contributed by atoms with van der Waals surface area (Å²) in [6.45, 7) is 1.16. The molecule has 0 spiro atoms. The zero-order chi connectivity index (χ0) is 16.8. The van der Waals surface area contributed by atoms with Crippen LogP contribution < -0.4 is 5.32 Å². The highest BCUT2D eigenvalue weighted by Gasteiger charge is 2.19. The third-order valence-corrected chi connectivity index (χ3v) is 3.88. The van der Waals surface area contributed by atoms with Crippen molar-refractivity contribution < 1.29 is 14.3 Å². The van der Waals surface area contributed by atoms with Gasteiger partial charge in [-0.05, 0) is 33.5 Å². The highest BCUT2D eigenvalue weighted by atomic mass is 32.1. The highest BCUT2D eigenvalue weighted by Crippen LogP contribution is 2.09. The van der Waals surface area contributed by atoms with Gasteiger partial charge in [0.1, 0.15) is 6.04 Å². The largest absolute Gasteiger partial charge is 0.467 e. The van der Waals surface area contributed by atoms with Crippen molar-refractivity contribution in [3.8, 4) is 0 Å². The van der Waals surface area contributed by atoms with Crippen molar-refractivity contribution in [2.75, 3.05) is 33.5 Å². The lowest BCUT2D eigenvalue weighted by Crippen LogP contribution is -2.42. The molecular formula is C16H32N2O3S. The molecule has 0 aliphatic rings. The van der Waals surface area contributed by atoms with Crippen molar-refractivity contribution in [1.29, 1.82) is 0 Å². The van der Waals surface area contributed by atoms with E-state index in [9.17, 15) is 9.59 Å². The van der Waals surface area contributed by atoms with Gasteiger partial charge in [0.25, 0.3) is 0 Å². The van der Waals surface area contributed by atoms with Gasteiger partial charge in [-0.15, -0.1) is 0 Å². The average Bonchev–Trinajstić information content (AvgIpc) is 2.49. The molecule has 0 aliphatic carbocycles. The summed E-state index contributed by atoms with van der Waals surface area (Å²) in [5, 5.41) is 2.65. The topological polar surface area (TPSA) is 58.6 Å². The number of ether oxygens (including phenoxy) is 1. The van der Waals surface area contributed by atoms with E-state index in [1.165, 1.54) is 39.2 Å². The molecule has 0 bridgehead atoms. The molecule has 0 aromatic heterocycles. The lowest BCUT2D eigenvalue weighted by Gasteiger charge is -2.13. The number of rotatable bonds is 13. The Morgan fingerprint density at radius 3 is 2.09 bits per heavy atom. The minimum absolute atomic E-state index is 0.101. The molecule has 6 heteroatoms. The number of hydrogen-bond acceptors (Lipinski definition) is 5. The van der Waals surface area contributed by atoms with Gasteiger partial charge >= 0.3 is 5.97 Å². The van der Waals surface area contributed by atoms with Crippen molar-refractivity contribution in [3.05, 3.63) is 0 Å². The molecule has 0 fully saturated rings. The molecule has 130 valence electrons. The van der Waals surface area contributed by atoms with Gasteiger partial charge < -0.3 is 15.0 Å². The molecule has 1 unspecified atom stereocenters. The molecule has 1 amide bonds. The third kappa shape index (κ3) is 11.9. The van der Waals surface area contributed by atoms with Crippen molar-refractivity contribution in [1.82, 2.24) is 10.2 Å². The van der Waals surface area contributed by atoms with Crippen LogP contribution in [0, 0.1) is 0 Å². The number of nitrogens with zero attached hydrogens (tertiary/aromatic N) is 1. The number of carbonyl (C=O) groups excluding carboxylic acids is 2. The molecule has 0 saturated heterocycles. The van der Waals surface area contributed by atoms with E-state index in [4.69, 9.17) is 0 Å². The molecule has 0 aromatic rings. The molecule has 22 heavy (non-hydrogen) atoms. The standard InChI is InChI=1S/C16H32N2O3S/c1-18(2)12-10-8-6-4-5-7-9-11-15(19)17-14(13-22)16(20)21-3/h14,22H,4-13H2,1-3H3,(H,17,19). The maximum Gasteiger partial charge on any atom is 0.329 e. The second kappa shape index (κ2) is 13.9. The second-order valence-electron chi connectivity index (χ2n) is 5.85. The average molecular weight is 333 g/mol. The molecule has 0 heterocycles.